The van der Waals surface area contributed by atoms with Crippen molar-refractivity contribution in [3.05, 3.63) is 52.0 Å². The minimum Gasteiger partial charge on any atom is -0.378 e. The van der Waals surface area contributed by atoms with Crippen molar-refractivity contribution in [2.75, 3.05) is 37.7 Å². The van der Waals surface area contributed by atoms with E-state index in [0.717, 1.165) is 64.0 Å². The van der Waals surface area contributed by atoms with E-state index in [4.69, 9.17) is 14.7 Å². The number of aromatic nitrogens is 2. The van der Waals surface area contributed by atoms with Crippen LogP contribution in [0.15, 0.2) is 18.2 Å². The number of morpholine rings is 1. The third-order valence-corrected chi connectivity index (χ3v) is 5.94. The summed E-state index contributed by atoms with van der Waals surface area (Å²) in [6, 6.07) is 6.82. The minimum absolute atomic E-state index is 0.334. The molecule has 2 aliphatic rings. The Hall–Kier alpha value is -1.98. The molecule has 1 saturated heterocycles. The summed E-state index contributed by atoms with van der Waals surface area (Å²) in [5.74, 6) is 2.45. The molecular weight excluding hydrogens is 348 g/mol. The van der Waals surface area contributed by atoms with Crippen LogP contribution in [0.1, 0.15) is 53.5 Å². The van der Waals surface area contributed by atoms with Gasteiger partial charge in [-0.05, 0) is 37.0 Å². The molecule has 0 radical (unpaired) electrons. The summed E-state index contributed by atoms with van der Waals surface area (Å²) in [7, 11) is 0. The second-order valence-electron chi connectivity index (χ2n) is 8.46. The van der Waals surface area contributed by atoms with E-state index in [0.29, 0.717) is 5.92 Å². The van der Waals surface area contributed by atoms with E-state index >= 15 is 0 Å². The molecule has 0 N–H and O–H groups in total. The van der Waals surface area contributed by atoms with Gasteiger partial charge >= 0.3 is 0 Å². The van der Waals surface area contributed by atoms with Crippen LogP contribution in [0.5, 0.6) is 0 Å². The fourth-order valence-corrected chi connectivity index (χ4v) is 4.07. The number of hydrogen-bond acceptors (Lipinski definition) is 5. The molecule has 0 atom stereocenters. The zero-order valence-electron chi connectivity index (χ0n) is 17.7. The Morgan fingerprint density at radius 1 is 1.04 bits per heavy atom. The summed E-state index contributed by atoms with van der Waals surface area (Å²) in [6.07, 6.45) is 1.02. The van der Waals surface area contributed by atoms with Crippen molar-refractivity contribution >= 4 is 5.82 Å². The predicted molar refractivity (Wildman–Crippen MR) is 113 cm³/mol. The first-order valence-electron chi connectivity index (χ1n) is 10.5. The third kappa shape index (κ3) is 4.06. The molecule has 3 heterocycles. The van der Waals surface area contributed by atoms with E-state index < -0.39 is 0 Å². The SMILES string of the molecule is Cc1ccc(CN2CCc3c(nc(C(C)C)nc3N3CCOCC3)C2)cc1C. The van der Waals surface area contributed by atoms with E-state index in [-0.39, 0.29) is 0 Å². The molecule has 2 aromatic rings. The van der Waals surface area contributed by atoms with Crippen LogP contribution in [0, 0.1) is 13.8 Å². The van der Waals surface area contributed by atoms with Crippen molar-refractivity contribution in [1.82, 2.24) is 14.9 Å². The van der Waals surface area contributed by atoms with E-state index in [1.807, 2.05) is 0 Å². The van der Waals surface area contributed by atoms with Crippen molar-refractivity contribution < 1.29 is 4.74 Å². The van der Waals surface area contributed by atoms with Gasteiger partial charge in [-0.15, -0.1) is 0 Å². The number of benzene rings is 1. The molecule has 2 aliphatic heterocycles. The van der Waals surface area contributed by atoms with Gasteiger partial charge in [0.15, 0.2) is 0 Å². The highest BCUT2D eigenvalue weighted by atomic mass is 16.5. The molecule has 1 aromatic carbocycles. The molecule has 1 aromatic heterocycles. The minimum atomic E-state index is 0.334. The molecule has 0 spiro atoms. The standard InChI is InChI=1S/C23H32N4O/c1-16(2)22-24-21-15-26(14-19-6-5-17(3)18(4)13-19)8-7-20(21)23(25-22)27-9-11-28-12-10-27/h5-6,13,16H,7-12,14-15H2,1-4H3. The number of nitrogens with zero attached hydrogens (tertiary/aromatic N) is 4. The van der Waals surface area contributed by atoms with Gasteiger partial charge in [0.25, 0.3) is 0 Å². The van der Waals surface area contributed by atoms with Crippen LogP contribution in [-0.2, 0) is 24.2 Å². The highest BCUT2D eigenvalue weighted by Crippen LogP contribution is 2.29. The number of aryl methyl sites for hydroxylation is 2. The van der Waals surface area contributed by atoms with Gasteiger partial charge in [0.1, 0.15) is 11.6 Å². The Kier molecular flexibility index (Phi) is 5.65. The van der Waals surface area contributed by atoms with Crippen LogP contribution in [-0.4, -0.2) is 47.7 Å². The molecular formula is C23H32N4O. The van der Waals surface area contributed by atoms with Crippen LogP contribution in [0.25, 0.3) is 0 Å². The van der Waals surface area contributed by atoms with Crippen molar-refractivity contribution in [3.63, 3.8) is 0 Å². The number of anilines is 1. The van der Waals surface area contributed by atoms with Gasteiger partial charge in [-0.3, -0.25) is 4.90 Å². The van der Waals surface area contributed by atoms with Crippen LogP contribution in [0.4, 0.5) is 5.82 Å². The van der Waals surface area contributed by atoms with Crippen LogP contribution in [0.3, 0.4) is 0 Å². The summed E-state index contributed by atoms with van der Waals surface area (Å²) in [5.41, 5.74) is 6.68. The van der Waals surface area contributed by atoms with Gasteiger partial charge in [-0.2, -0.15) is 0 Å². The Balaban J connectivity index is 1.59. The third-order valence-electron chi connectivity index (χ3n) is 5.94. The molecule has 0 saturated carbocycles. The molecule has 5 heteroatoms. The fraction of sp³-hybridized carbons (Fsp3) is 0.565. The van der Waals surface area contributed by atoms with E-state index in [9.17, 15) is 0 Å². The Morgan fingerprint density at radius 2 is 1.82 bits per heavy atom. The van der Waals surface area contributed by atoms with Gasteiger partial charge < -0.3 is 9.64 Å². The molecule has 150 valence electrons. The lowest BCUT2D eigenvalue weighted by Crippen LogP contribution is -2.39. The van der Waals surface area contributed by atoms with Crippen LogP contribution < -0.4 is 4.90 Å². The Bertz CT molecular complexity index is 843. The molecule has 28 heavy (non-hydrogen) atoms. The molecule has 4 rings (SSSR count). The van der Waals surface area contributed by atoms with Gasteiger partial charge in [0.05, 0.1) is 18.9 Å². The molecule has 1 fully saturated rings. The van der Waals surface area contributed by atoms with E-state index in [1.54, 1.807) is 0 Å². The maximum absolute atomic E-state index is 5.55. The average molecular weight is 381 g/mol. The summed E-state index contributed by atoms with van der Waals surface area (Å²) in [4.78, 5) is 14.9. The predicted octanol–water partition coefficient (Wildman–Crippen LogP) is 3.61. The monoisotopic (exact) mass is 380 g/mol. The lowest BCUT2D eigenvalue weighted by molar-refractivity contribution is 0.122. The quantitative estimate of drug-likeness (QED) is 0.810. The van der Waals surface area contributed by atoms with Gasteiger partial charge in [-0.1, -0.05) is 32.0 Å². The second-order valence-corrected chi connectivity index (χ2v) is 8.46. The van der Waals surface area contributed by atoms with Gasteiger partial charge in [0, 0.05) is 44.2 Å². The number of hydrogen-bond donors (Lipinski definition) is 0. The molecule has 0 aliphatic carbocycles. The first kappa shape index (κ1) is 19.3. The Morgan fingerprint density at radius 3 is 2.54 bits per heavy atom. The Labute approximate surface area is 168 Å². The first-order chi connectivity index (χ1) is 13.5. The largest absolute Gasteiger partial charge is 0.378 e. The highest BCUT2D eigenvalue weighted by molar-refractivity contribution is 5.51. The van der Waals surface area contributed by atoms with E-state index in [2.05, 4.69) is 55.7 Å². The van der Waals surface area contributed by atoms with Gasteiger partial charge in [-0.25, -0.2) is 9.97 Å². The molecule has 5 nitrogen and oxygen atoms in total. The normalized spacial score (nSPS) is 17.8. The van der Waals surface area contributed by atoms with Crippen molar-refractivity contribution in [3.8, 4) is 0 Å². The lowest BCUT2D eigenvalue weighted by atomic mass is 10.0. The summed E-state index contributed by atoms with van der Waals surface area (Å²) < 4.78 is 5.55. The van der Waals surface area contributed by atoms with Crippen molar-refractivity contribution in [2.24, 2.45) is 0 Å². The maximum atomic E-state index is 5.55. The van der Waals surface area contributed by atoms with Crippen molar-refractivity contribution in [1.29, 1.82) is 0 Å². The van der Waals surface area contributed by atoms with E-state index in [1.165, 1.54) is 27.9 Å². The van der Waals surface area contributed by atoms with Crippen LogP contribution in [0.2, 0.25) is 0 Å². The highest BCUT2D eigenvalue weighted by Gasteiger charge is 2.26. The number of fused-ring (bicyclic) bond motifs is 1. The summed E-state index contributed by atoms with van der Waals surface area (Å²) >= 11 is 0. The zero-order valence-corrected chi connectivity index (χ0v) is 17.7. The fourth-order valence-electron chi connectivity index (χ4n) is 4.07. The second kappa shape index (κ2) is 8.18. The average Bonchev–Trinajstić information content (AvgIpc) is 2.70. The summed E-state index contributed by atoms with van der Waals surface area (Å²) in [5, 5.41) is 0. The summed E-state index contributed by atoms with van der Waals surface area (Å²) in [6.45, 7) is 15.1. The first-order valence-corrected chi connectivity index (χ1v) is 10.5. The molecule has 0 unspecified atom stereocenters. The van der Waals surface area contributed by atoms with Crippen LogP contribution >= 0.6 is 0 Å². The number of ether oxygens (including phenoxy) is 1. The number of rotatable bonds is 4. The molecule has 0 bridgehead atoms. The zero-order chi connectivity index (χ0) is 19.7. The van der Waals surface area contributed by atoms with Gasteiger partial charge in [0.2, 0.25) is 0 Å². The topological polar surface area (TPSA) is 41.5 Å². The van der Waals surface area contributed by atoms with Crippen molar-refractivity contribution in [2.45, 2.75) is 53.1 Å². The maximum Gasteiger partial charge on any atom is 0.136 e. The smallest absolute Gasteiger partial charge is 0.136 e. The molecule has 0 amide bonds. The lowest BCUT2D eigenvalue weighted by Gasteiger charge is -2.34.